The molecule has 1 atom stereocenters. The van der Waals surface area contributed by atoms with E-state index in [1.165, 1.54) is 12.2 Å². The van der Waals surface area contributed by atoms with Crippen molar-refractivity contribution in [3.63, 3.8) is 0 Å². The van der Waals surface area contributed by atoms with Gasteiger partial charge < -0.3 is 4.74 Å². The minimum absolute atomic E-state index is 0.277. The number of carbonyl (C=O) groups is 1. The molecule has 0 unspecified atom stereocenters. The number of nitrogens with two attached hydrogens (primary N) is 1. The second kappa shape index (κ2) is 3.21. The highest BCUT2D eigenvalue weighted by Gasteiger charge is 2.18. The number of hydrogen-bond acceptors (Lipinski definition) is 5. The summed E-state index contributed by atoms with van der Waals surface area (Å²) in [5.74, 6) is -0.516. The first kappa shape index (κ1) is 9.17. The van der Waals surface area contributed by atoms with Crippen molar-refractivity contribution in [2.45, 2.75) is 6.10 Å². The number of cyclic esters (lactones) is 1. The molecule has 0 aliphatic carbocycles. The van der Waals surface area contributed by atoms with E-state index in [1.807, 2.05) is 0 Å². The van der Waals surface area contributed by atoms with E-state index in [2.05, 4.69) is 14.1 Å². The first-order chi connectivity index (χ1) is 5.47. The van der Waals surface area contributed by atoms with Crippen LogP contribution in [0.15, 0.2) is 12.2 Å². The Bertz CT molecular complexity index is 306. The van der Waals surface area contributed by atoms with Gasteiger partial charge in [0.15, 0.2) is 0 Å². The van der Waals surface area contributed by atoms with Gasteiger partial charge in [-0.25, -0.2) is 9.93 Å². The van der Waals surface area contributed by atoms with E-state index in [0.717, 1.165) is 0 Å². The maximum Gasteiger partial charge on any atom is 0.333 e. The third-order valence-electron chi connectivity index (χ3n) is 1.11. The Labute approximate surface area is 69.2 Å². The molecule has 12 heavy (non-hydrogen) atoms. The third kappa shape index (κ3) is 2.99. The fourth-order valence-electron chi connectivity index (χ4n) is 0.665. The molecule has 0 saturated heterocycles. The molecule has 0 bridgehead atoms. The minimum Gasteiger partial charge on any atom is -0.452 e. The lowest BCUT2D eigenvalue weighted by molar-refractivity contribution is -0.139. The maximum absolute atomic E-state index is 10.4. The second-order valence-electron chi connectivity index (χ2n) is 2.11. The summed E-state index contributed by atoms with van der Waals surface area (Å²) >= 11 is 0. The van der Waals surface area contributed by atoms with E-state index >= 15 is 0 Å². The molecule has 0 aromatic heterocycles. The van der Waals surface area contributed by atoms with Crippen LogP contribution in [0.1, 0.15) is 0 Å². The molecule has 0 aromatic rings. The van der Waals surface area contributed by atoms with Gasteiger partial charge in [0.1, 0.15) is 12.7 Å². The summed E-state index contributed by atoms with van der Waals surface area (Å²) in [4.78, 5) is 10.4. The molecule has 0 amide bonds. The SMILES string of the molecule is NS(=O)(=O)OC[C@@H]1C=CC(=O)O1. The molecule has 1 aliphatic heterocycles. The predicted octanol–water partition coefficient (Wildman–Crippen LogP) is -1.31. The van der Waals surface area contributed by atoms with Gasteiger partial charge in [0.2, 0.25) is 0 Å². The molecule has 1 rings (SSSR count). The molecule has 6 nitrogen and oxygen atoms in total. The van der Waals surface area contributed by atoms with Gasteiger partial charge in [-0.1, -0.05) is 0 Å². The van der Waals surface area contributed by atoms with E-state index in [4.69, 9.17) is 0 Å². The molecule has 1 heterocycles. The first-order valence-electron chi connectivity index (χ1n) is 3.03. The molecular formula is C5H7NO5S. The Hall–Kier alpha value is -0.920. The standard InChI is InChI=1S/C5H7NO5S/c6-12(8,9)10-3-4-1-2-5(7)11-4/h1-2,4H,3H2,(H2,6,8,9)/t4-/m0/s1. The average Bonchev–Trinajstić information content (AvgIpc) is 2.30. The monoisotopic (exact) mass is 193 g/mol. The van der Waals surface area contributed by atoms with Gasteiger partial charge in [-0.3, -0.25) is 4.18 Å². The van der Waals surface area contributed by atoms with Crippen LogP contribution in [0, 0.1) is 0 Å². The molecular weight excluding hydrogens is 186 g/mol. The van der Waals surface area contributed by atoms with Crippen LogP contribution in [0.5, 0.6) is 0 Å². The van der Waals surface area contributed by atoms with Gasteiger partial charge in [0, 0.05) is 6.08 Å². The molecule has 0 radical (unpaired) electrons. The number of carbonyl (C=O) groups excluding carboxylic acids is 1. The van der Waals surface area contributed by atoms with Gasteiger partial charge in [-0.05, 0) is 6.08 Å². The predicted molar refractivity (Wildman–Crippen MR) is 38.1 cm³/mol. The molecule has 1 aliphatic rings. The molecule has 0 fully saturated rings. The maximum atomic E-state index is 10.4. The molecule has 68 valence electrons. The van der Waals surface area contributed by atoms with Crippen molar-refractivity contribution in [1.29, 1.82) is 0 Å². The summed E-state index contributed by atoms with van der Waals surface area (Å²) in [6, 6.07) is 0. The van der Waals surface area contributed by atoms with Crippen LogP contribution in [-0.2, 0) is 24.0 Å². The largest absolute Gasteiger partial charge is 0.452 e. The smallest absolute Gasteiger partial charge is 0.333 e. The van der Waals surface area contributed by atoms with E-state index < -0.39 is 22.4 Å². The van der Waals surface area contributed by atoms with Gasteiger partial charge >= 0.3 is 16.3 Å². The van der Waals surface area contributed by atoms with E-state index in [1.54, 1.807) is 0 Å². The van der Waals surface area contributed by atoms with Crippen LogP contribution in [0.3, 0.4) is 0 Å². The number of ether oxygens (including phenoxy) is 1. The number of hydrogen-bond donors (Lipinski definition) is 1. The van der Waals surface area contributed by atoms with Gasteiger partial charge in [0.05, 0.1) is 0 Å². The second-order valence-corrected chi connectivity index (χ2v) is 3.33. The van der Waals surface area contributed by atoms with Crippen LogP contribution in [0.2, 0.25) is 0 Å². The van der Waals surface area contributed by atoms with Gasteiger partial charge in [-0.2, -0.15) is 8.42 Å². The van der Waals surface area contributed by atoms with Crippen LogP contribution < -0.4 is 5.14 Å². The quantitative estimate of drug-likeness (QED) is 0.561. The van der Waals surface area contributed by atoms with Crippen molar-refractivity contribution in [1.82, 2.24) is 0 Å². The lowest BCUT2D eigenvalue weighted by Crippen LogP contribution is -2.23. The van der Waals surface area contributed by atoms with Crippen LogP contribution in [0.25, 0.3) is 0 Å². The molecule has 7 heteroatoms. The molecule has 0 spiro atoms. The summed E-state index contributed by atoms with van der Waals surface area (Å²) in [5, 5.41) is 4.53. The van der Waals surface area contributed by atoms with Crippen molar-refractivity contribution in [3.05, 3.63) is 12.2 Å². The van der Waals surface area contributed by atoms with Crippen LogP contribution in [-0.4, -0.2) is 27.1 Å². The Morgan fingerprint density at radius 3 is 2.75 bits per heavy atom. The lowest BCUT2D eigenvalue weighted by atomic mass is 10.4. The van der Waals surface area contributed by atoms with Crippen molar-refractivity contribution in [3.8, 4) is 0 Å². The Balaban J connectivity index is 2.36. The zero-order chi connectivity index (χ0) is 9.19. The zero-order valence-electron chi connectivity index (χ0n) is 5.97. The molecule has 0 saturated carbocycles. The van der Waals surface area contributed by atoms with Crippen molar-refractivity contribution in [2.75, 3.05) is 6.61 Å². The fraction of sp³-hybridized carbons (Fsp3) is 0.400. The molecule has 2 N–H and O–H groups in total. The highest BCUT2D eigenvalue weighted by Crippen LogP contribution is 2.05. The van der Waals surface area contributed by atoms with Crippen molar-refractivity contribution < 1.29 is 22.1 Å². The Morgan fingerprint density at radius 1 is 1.67 bits per heavy atom. The minimum atomic E-state index is -3.95. The van der Waals surface area contributed by atoms with Gasteiger partial charge in [0.25, 0.3) is 0 Å². The summed E-state index contributed by atoms with van der Waals surface area (Å²) in [5.41, 5.74) is 0. The lowest BCUT2D eigenvalue weighted by Gasteiger charge is -2.06. The first-order valence-corrected chi connectivity index (χ1v) is 4.50. The van der Waals surface area contributed by atoms with Crippen LogP contribution in [0.4, 0.5) is 0 Å². The zero-order valence-corrected chi connectivity index (χ0v) is 6.78. The number of esters is 1. The van der Waals surface area contributed by atoms with Gasteiger partial charge in [-0.15, -0.1) is 0 Å². The van der Waals surface area contributed by atoms with Crippen LogP contribution >= 0.6 is 0 Å². The topological polar surface area (TPSA) is 95.7 Å². The third-order valence-corrected chi connectivity index (χ3v) is 1.58. The van der Waals surface area contributed by atoms with E-state index in [0.29, 0.717) is 0 Å². The summed E-state index contributed by atoms with van der Waals surface area (Å²) in [6.45, 7) is -0.277. The summed E-state index contributed by atoms with van der Waals surface area (Å²) < 4.78 is 29.3. The normalized spacial score (nSPS) is 22.8. The summed E-state index contributed by atoms with van der Waals surface area (Å²) in [7, 11) is -3.95. The highest BCUT2D eigenvalue weighted by atomic mass is 32.2. The highest BCUT2D eigenvalue weighted by molar-refractivity contribution is 7.84. The number of rotatable bonds is 3. The van der Waals surface area contributed by atoms with E-state index in [9.17, 15) is 13.2 Å². The van der Waals surface area contributed by atoms with Crippen molar-refractivity contribution in [2.24, 2.45) is 5.14 Å². The van der Waals surface area contributed by atoms with E-state index in [-0.39, 0.29) is 6.61 Å². The Kier molecular flexibility index (Phi) is 2.46. The Morgan fingerprint density at radius 2 is 2.33 bits per heavy atom. The summed E-state index contributed by atoms with van der Waals surface area (Å²) in [6.07, 6.45) is 1.93. The fourth-order valence-corrected chi connectivity index (χ4v) is 0.989. The van der Waals surface area contributed by atoms with Crippen molar-refractivity contribution >= 4 is 16.3 Å². The average molecular weight is 193 g/mol. The molecule has 0 aromatic carbocycles.